The highest BCUT2D eigenvalue weighted by atomic mass is 32.1. The minimum absolute atomic E-state index is 0.0465. The predicted octanol–water partition coefficient (Wildman–Crippen LogP) is 11.3. The largest absolute Gasteiger partial charge is 0.208 e. The van der Waals surface area contributed by atoms with Gasteiger partial charge >= 0.3 is 0 Å². The van der Waals surface area contributed by atoms with Gasteiger partial charge < -0.3 is 0 Å². The Hall–Kier alpha value is -5.23. The number of benzene rings is 6. The molecule has 0 aliphatic heterocycles. The Morgan fingerprint density at radius 1 is 0.455 bits per heavy atom. The van der Waals surface area contributed by atoms with Crippen LogP contribution in [-0.2, 0) is 0 Å². The number of hydrogen-bond acceptors (Lipinski definition) is 5. The van der Waals surface area contributed by atoms with Gasteiger partial charge in [-0.05, 0) is 29.3 Å². The van der Waals surface area contributed by atoms with Crippen LogP contribution in [-0.4, -0.2) is 15.0 Å². The van der Waals surface area contributed by atoms with E-state index in [-0.39, 0.29) is 53.0 Å². The van der Waals surface area contributed by atoms with Crippen LogP contribution in [0.2, 0.25) is 0 Å². The third kappa shape index (κ3) is 4.21. The van der Waals surface area contributed by atoms with Crippen molar-refractivity contribution in [3.63, 3.8) is 0 Å². The maximum Gasteiger partial charge on any atom is 0.164 e. The van der Waals surface area contributed by atoms with E-state index < -0.39 is 0 Å². The van der Waals surface area contributed by atoms with Crippen molar-refractivity contribution in [2.45, 2.75) is 0 Å². The number of nitrogens with zero attached hydrogens (tertiary/aromatic N) is 3. The first-order valence-corrected chi connectivity index (χ1v) is 15.7. The van der Waals surface area contributed by atoms with Crippen LogP contribution in [0.1, 0.15) is 8.22 Å². The van der Waals surface area contributed by atoms with Crippen LogP contribution in [0.15, 0.2) is 139 Å². The molecule has 6 aromatic carbocycles. The van der Waals surface area contributed by atoms with Gasteiger partial charge in [0, 0.05) is 57.0 Å². The molecule has 0 N–H and O–H groups in total. The normalized spacial score (nSPS) is 13.5. The zero-order valence-electron chi connectivity index (χ0n) is 29.0. The fourth-order valence-corrected chi connectivity index (χ4v) is 7.82. The number of hydrogen-bond donors (Lipinski definition) is 0. The second kappa shape index (κ2) is 10.2. The van der Waals surface area contributed by atoms with Gasteiger partial charge in [0.05, 0.1) is 8.22 Å². The van der Waals surface area contributed by atoms with E-state index in [1.54, 1.807) is 11.3 Å². The van der Waals surface area contributed by atoms with E-state index >= 15 is 0 Å². The van der Waals surface area contributed by atoms with E-state index in [0.717, 1.165) is 36.9 Å². The highest BCUT2D eigenvalue weighted by Crippen LogP contribution is 2.43. The van der Waals surface area contributed by atoms with Gasteiger partial charge in [-0.3, -0.25) is 0 Å². The molecule has 3 aromatic heterocycles. The Labute approximate surface area is 270 Å². The Bertz CT molecular complexity index is 2780. The molecule has 0 aliphatic rings. The van der Waals surface area contributed by atoms with Gasteiger partial charge in [0.15, 0.2) is 17.5 Å². The molecule has 0 saturated carbocycles. The van der Waals surface area contributed by atoms with Crippen molar-refractivity contribution in [3.8, 4) is 45.3 Å². The lowest BCUT2D eigenvalue weighted by molar-refractivity contribution is 1.07. The Balaban J connectivity index is 1.32. The van der Waals surface area contributed by atoms with E-state index in [2.05, 4.69) is 12.1 Å². The summed E-state index contributed by atoms with van der Waals surface area (Å²) in [5, 5.41) is 2.81. The molecule has 206 valence electrons. The summed E-state index contributed by atoms with van der Waals surface area (Å²) >= 11 is 2.86. The first-order valence-electron chi connectivity index (χ1n) is 17.0. The summed E-state index contributed by atoms with van der Waals surface area (Å²) in [6.07, 6.45) is 0. The van der Waals surface area contributed by atoms with Crippen LogP contribution in [0, 0.1) is 0 Å². The minimum atomic E-state index is -0.261. The van der Waals surface area contributed by atoms with Crippen molar-refractivity contribution in [3.05, 3.63) is 139 Å². The van der Waals surface area contributed by atoms with Gasteiger partial charge in [0.2, 0.25) is 0 Å². The summed E-state index contributed by atoms with van der Waals surface area (Å²) in [7, 11) is 0. The first-order chi connectivity index (χ1) is 24.3. The number of rotatable bonds is 4. The van der Waals surface area contributed by atoms with Crippen LogP contribution in [0.25, 0.3) is 85.6 Å². The van der Waals surface area contributed by atoms with Gasteiger partial charge in [0.1, 0.15) is 0 Å². The fourth-order valence-electron chi connectivity index (χ4n) is 5.53. The topological polar surface area (TPSA) is 38.7 Å². The molecular weight excluding hydrogens is 575 g/mol. The van der Waals surface area contributed by atoms with Gasteiger partial charge in [-0.15, -0.1) is 22.7 Å². The molecule has 0 radical (unpaired) electrons. The lowest BCUT2D eigenvalue weighted by atomic mass is 10.0. The molecule has 0 atom stereocenters. The third-order valence-corrected chi connectivity index (χ3v) is 9.91. The molecule has 9 aromatic rings. The van der Waals surface area contributed by atoms with Crippen LogP contribution < -0.4 is 0 Å². The maximum absolute atomic E-state index is 9.47. The average molecular weight is 604 g/mol. The monoisotopic (exact) mass is 603 g/mol. The standard InChI is InChI=1S/C39H23N3S2/c1-3-10-24(11-4-1)37-40-38(25-12-5-2-6-13-25)42-39(41-37)27-19-21-31-32-16-9-15-28(36(32)44-35(31)23-27)26-18-20-30-29-14-7-8-17-33(29)43-34(30)22-26/h1-23H/i9D,15D,16D,19D,21D,23D. The van der Waals surface area contributed by atoms with Crippen LogP contribution in [0.5, 0.6) is 0 Å². The predicted molar refractivity (Wildman–Crippen MR) is 187 cm³/mol. The smallest absolute Gasteiger partial charge is 0.164 e. The second-order valence-electron chi connectivity index (χ2n) is 10.4. The van der Waals surface area contributed by atoms with Crippen LogP contribution >= 0.6 is 22.7 Å². The molecule has 5 heteroatoms. The molecule has 0 amide bonds. The van der Waals surface area contributed by atoms with Crippen molar-refractivity contribution >= 4 is 63.0 Å². The second-order valence-corrected chi connectivity index (χ2v) is 12.5. The van der Waals surface area contributed by atoms with Gasteiger partial charge in [-0.2, -0.15) is 0 Å². The summed E-state index contributed by atoms with van der Waals surface area (Å²) in [5.41, 5.74) is 2.77. The van der Waals surface area contributed by atoms with Crippen molar-refractivity contribution in [1.29, 1.82) is 0 Å². The highest BCUT2D eigenvalue weighted by Gasteiger charge is 2.16. The molecule has 3 heterocycles. The van der Waals surface area contributed by atoms with E-state index in [0.29, 0.717) is 32.0 Å². The zero-order valence-corrected chi connectivity index (χ0v) is 24.6. The molecule has 9 rings (SSSR count). The summed E-state index contributed by atoms with van der Waals surface area (Å²) in [6, 6.07) is 32.0. The van der Waals surface area contributed by atoms with Crippen molar-refractivity contribution in [1.82, 2.24) is 15.0 Å². The average Bonchev–Trinajstić information content (AvgIpc) is 3.73. The van der Waals surface area contributed by atoms with E-state index in [9.17, 15) is 4.11 Å². The molecule has 0 unspecified atom stereocenters. The molecule has 0 fully saturated rings. The van der Waals surface area contributed by atoms with Crippen molar-refractivity contribution in [2.75, 3.05) is 0 Å². The third-order valence-electron chi connectivity index (χ3n) is 7.65. The van der Waals surface area contributed by atoms with Crippen LogP contribution in [0.3, 0.4) is 0 Å². The SMILES string of the molecule is [2H]c1c([2H])c([2H])c2c(sc3c([2H])c(-c4nc(-c5ccccc5)nc(-c5ccccc5)n4)c([2H])c([2H])c32)c1-c1ccc2c(c1)sc1ccccc12. The highest BCUT2D eigenvalue weighted by molar-refractivity contribution is 7.26. The number of aromatic nitrogens is 3. The van der Waals surface area contributed by atoms with Gasteiger partial charge in [-0.1, -0.05) is 121 Å². The maximum atomic E-state index is 9.47. The molecule has 44 heavy (non-hydrogen) atoms. The summed E-state index contributed by atoms with van der Waals surface area (Å²) in [4.78, 5) is 14.2. The van der Waals surface area contributed by atoms with E-state index in [1.165, 1.54) is 11.3 Å². The quantitative estimate of drug-likeness (QED) is 0.201. The number of fused-ring (bicyclic) bond motifs is 6. The van der Waals surface area contributed by atoms with E-state index in [1.807, 2.05) is 91.0 Å². The molecule has 0 saturated heterocycles. The Morgan fingerprint density at radius 2 is 1.11 bits per heavy atom. The van der Waals surface area contributed by atoms with E-state index in [4.69, 9.17) is 19.1 Å². The van der Waals surface area contributed by atoms with Crippen molar-refractivity contribution < 1.29 is 8.22 Å². The van der Waals surface area contributed by atoms with Gasteiger partial charge in [-0.25, -0.2) is 15.0 Å². The lowest BCUT2D eigenvalue weighted by Gasteiger charge is -2.08. The van der Waals surface area contributed by atoms with Crippen LogP contribution in [0.4, 0.5) is 0 Å². The molecule has 0 spiro atoms. The molecule has 0 bridgehead atoms. The lowest BCUT2D eigenvalue weighted by Crippen LogP contribution is -1.99. The van der Waals surface area contributed by atoms with Gasteiger partial charge in [0.25, 0.3) is 0 Å². The number of thiophene rings is 2. The fraction of sp³-hybridized carbons (Fsp3) is 0. The van der Waals surface area contributed by atoms with Crippen molar-refractivity contribution in [2.24, 2.45) is 0 Å². The minimum Gasteiger partial charge on any atom is -0.208 e. The Morgan fingerprint density at radius 3 is 1.86 bits per heavy atom. The molecule has 3 nitrogen and oxygen atoms in total. The molecular formula is C39H23N3S2. The summed E-state index contributed by atoms with van der Waals surface area (Å²) < 4.78 is 57.8. The molecule has 0 aliphatic carbocycles. The Kier molecular flexibility index (Phi) is 4.60. The zero-order chi connectivity index (χ0) is 34.3. The summed E-state index contributed by atoms with van der Waals surface area (Å²) in [6.45, 7) is 0. The first kappa shape index (κ1) is 19.9. The summed E-state index contributed by atoms with van der Waals surface area (Å²) in [5.74, 6) is 0.854.